The first-order chi connectivity index (χ1) is 9.17. The third kappa shape index (κ3) is 3.05. The Morgan fingerprint density at radius 3 is 2.68 bits per heavy atom. The molecule has 100 valence electrons. The minimum absolute atomic E-state index is 0.114. The highest BCUT2D eigenvalue weighted by atomic mass is 79.9. The van der Waals surface area contributed by atoms with Crippen molar-refractivity contribution in [1.82, 2.24) is 15.3 Å². The van der Waals surface area contributed by atoms with Gasteiger partial charge in [-0.25, -0.2) is 4.98 Å². The van der Waals surface area contributed by atoms with Gasteiger partial charge in [0.25, 0.3) is 0 Å². The minimum Gasteiger partial charge on any atom is -0.480 e. The zero-order valence-corrected chi connectivity index (χ0v) is 12.9. The molecule has 0 bridgehead atoms. The molecule has 2 rings (SSSR count). The molecule has 0 aliphatic carbocycles. The van der Waals surface area contributed by atoms with E-state index in [-0.39, 0.29) is 6.04 Å². The number of hydrogen-bond acceptors (Lipinski definition) is 4. The Hall–Kier alpha value is -1.17. The third-order valence-corrected chi connectivity index (χ3v) is 3.94. The van der Waals surface area contributed by atoms with Gasteiger partial charge in [0, 0.05) is 16.9 Å². The van der Waals surface area contributed by atoms with E-state index >= 15 is 0 Å². The van der Waals surface area contributed by atoms with Gasteiger partial charge in [0.1, 0.15) is 5.69 Å². The Labute approximate surface area is 125 Å². The molecular weight excluding hydrogens is 330 g/mol. The minimum atomic E-state index is -0.114. The monoisotopic (exact) mass is 341 g/mol. The lowest BCUT2D eigenvalue weighted by Crippen LogP contribution is -2.20. The summed E-state index contributed by atoms with van der Waals surface area (Å²) in [6.07, 6.45) is 3.25. The summed E-state index contributed by atoms with van der Waals surface area (Å²) < 4.78 is 6.09. The van der Waals surface area contributed by atoms with Crippen molar-refractivity contribution in [2.24, 2.45) is 0 Å². The number of nitrogens with one attached hydrogen (secondary N) is 1. The van der Waals surface area contributed by atoms with Crippen LogP contribution in [0.1, 0.15) is 17.3 Å². The van der Waals surface area contributed by atoms with Gasteiger partial charge in [0.15, 0.2) is 0 Å². The highest BCUT2D eigenvalue weighted by Gasteiger charge is 2.19. The summed E-state index contributed by atoms with van der Waals surface area (Å²) in [5.41, 5.74) is 1.76. The van der Waals surface area contributed by atoms with Crippen LogP contribution in [0.5, 0.6) is 5.88 Å². The Kier molecular flexibility index (Phi) is 4.74. The molecule has 0 aliphatic rings. The number of halogens is 2. The molecule has 0 amide bonds. The molecule has 0 saturated heterocycles. The zero-order valence-electron chi connectivity index (χ0n) is 10.5. The van der Waals surface area contributed by atoms with Crippen LogP contribution >= 0.6 is 27.5 Å². The maximum atomic E-state index is 6.01. The fraction of sp³-hybridized carbons (Fsp3) is 0.231. The van der Waals surface area contributed by atoms with Crippen molar-refractivity contribution >= 4 is 27.5 Å². The third-order valence-electron chi connectivity index (χ3n) is 2.72. The van der Waals surface area contributed by atoms with Crippen LogP contribution in [0.15, 0.2) is 35.1 Å². The number of rotatable bonds is 4. The Bertz CT molecular complexity index is 580. The molecule has 1 heterocycles. The lowest BCUT2D eigenvalue weighted by atomic mass is 10.0. The molecule has 0 fully saturated rings. The molecule has 1 aromatic heterocycles. The van der Waals surface area contributed by atoms with E-state index < -0.39 is 0 Å². The summed E-state index contributed by atoms with van der Waals surface area (Å²) in [7, 11) is 3.44. The fourth-order valence-corrected chi connectivity index (χ4v) is 2.36. The number of ether oxygens (including phenoxy) is 1. The van der Waals surface area contributed by atoms with E-state index in [4.69, 9.17) is 16.3 Å². The number of nitrogens with zero attached hydrogens (tertiary/aromatic N) is 2. The summed E-state index contributed by atoms with van der Waals surface area (Å²) in [5, 5.41) is 3.88. The molecule has 0 radical (unpaired) electrons. The van der Waals surface area contributed by atoms with Crippen molar-refractivity contribution < 1.29 is 4.74 Å². The van der Waals surface area contributed by atoms with Gasteiger partial charge >= 0.3 is 0 Å². The van der Waals surface area contributed by atoms with Gasteiger partial charge in [0.2, 0.25) is 5.88 Å². The zero-order chi connectivity index (χ0) is 13.8. The standard InChI is InChI=1S/C13H13BrClN3O/c1-16-11(8-3-4-10(15)9(14)7-8)12-13(19-2)18-6-5-17-12/h3-7,11,16H,1-2H3. The highest BCUT2D eigenvalue weighted by Crippen LogP contribution is 2.30. The maximum absolute atomic E-state index is 6.01. The van der Waals surface area contributed by atoms with Crippen molar-refractivity contribution in [2.75, 3.05) is 14.2 Å². The first-order valence-electron chi connectivity index (χ1n) is 5.64. The van der Waals surface area contributed by atoms with Crippen LogP contribution in [0.25, 0.3) is 0 Å². The van der Waals surface area contributed by atoms with E-state index in [1.54, 1.807) is 19.5 Å². The van der Waals surface area contributed by atoms with Crippen molar-refractivity contribution in [3.05, 3.63) is 51.3 Å². The van der Waals surface area contributed by atoms with Gasteiger partial charge in [-0.3, -0.25) is 4.98 Å². The second-order valence-corrected chi connectivity index (χ2v) is 5.11. The summed E-state index contributed by atoms with van der Waals surface area (Å²) in [4.78, 5) is 8.52. The molecule has 4 nitrogen and oxygen atoms in total. The maximum Gasteiger partial charge on any atom is 0.237 e. The summed E-state index contributed by atoms with van der Waals surface area (Å²) in [6.45, 7) is 0. The van der Waals surface area contributed by atoms with Gasteiger partial charge < -0.3 is 10.1 Å². The Morgan fingerprint density at radius 1 is 1.32 bits per heavy atom. The first kappa shape index (κ1) is 14.2. The number of methoxy groups -OCH3 is 1. The van der Waals surface area contributed by atoms with Crippen molar-refractivity contribution in [3.63, 3.8) is 0 Å². The second-order valence-electron chi connectivity index (χ2n) is 3.85. The lowest BCUT2D eigenvalue weighted by Gasteiger charge is -2.18. The summed E-state index contributed by atoms with van der Waals surface area (Å²) in [6, 6.07) is 5.63. The fourth-order valence-electron chi connectivity index (χ4n) is 1.84. The molecule has 19 heavy (non-hydrogen) atoms. The van der Waals surface area contributed by atoms with Crippen LogP contribution < -0.4 is 10.1 Å². The van der Waals surface area contributed by atoms with E-state index in [9.17, 15) is 0 Å². The van der Waals surface area contributed by atoms with E-state index in [1.165, 1.54) is 0 Å². The number of hydrogen-bond donors (Lipinski definition) is 1. The van der Waals surface area contributed by atoms with Crippen LogP contribution in [0, 0.1) is 0 Å². The van der Waals surface area contributed by atoms with Crippen molar-refractivity contribution in [2.45, 2.75) is 6.04 Å². The molecule has 1 N–H and O–H groups in total. The molecule has 6 heteroatoms. The van der Waals surface area contributed by atoms with Gasteiger partial charge in [-0.05, 0) is 40.7 Å². The van der Waals surface area contributed by atoms with Gasteiger partial charge in [0.05, 0.1) is 18.2 Å². The number of benzene rings is 1. The quantitative estimate of drug-likeness (QED) is 0.927. The summed E-state index contributed by atoms with van der Waals surface area (Å²) >= 11 is 9.44. The average Bonchev–Trinajstić information content (AvgIpc) is 2.44. The second kappa shape index (κ2) is 6.32. The smallest absolute Gasteiger partial charge is 0.237 e. The molecule has 0 aliphatic heterocycles. The van der Waals surface area contributed by atoms with Crippen LogP contribution in [-0.2, 0) is 0 Å². The van der Waals surface area contributed by atoms with Crippen molar-refractivity contribution in [3.8, 4) is 5.88 Å². The van der Waals surface area contributed by atoms with E-state index in [2.05, 4.69) is 31.2 Å². The predicted molar refractivity (Wildman–Crippen MR) is 78.6 cm³/mol. The van der Waals surface area contributed by atoms with Crippen LogP contribution in [-0.4, -0.2) is 24.1 Å². The van der Waals surface area contributed by atoms with Gasteiger partial charge in [-0.2, -0.15) is 0 Å². The normalized spacial score (nSPS) is 12.2. The van der Waals surface area contributed by atoms with Crippen LogP contribution in [0.3, 0.4) is 0 Å². The largest absolute Gasteiger partial charge is 0.480 e. The van der Waals surface area contributed by atoms with E-state index in [0.29, 0.717) is 10.9 Å². The van der Waals surface area contributed by atoms with E-state index in [1.807, 2.05) is 25.2 Å². The Morgan fingerprint density at radius 2 is 2.05 bits per heavy atom. The average molecular weight is 343 g/mol. The molecule has 0 saturated carbocycles. The SMILES string of the molecule is CNC(c1ccc(Cl)c(Br)c1)c1nccnc1OC. The molecule has 1 atom stereocenters. The molecule has 1 unspecified atom stereocenters. The predicted octanol–water partition coefficient (Wildman–Crippen LogP) is 3.21. The van der Waals surface area contributed by atoms with Crippen LogP contribution in [0.4, 0.5) is 0 Å². The molecule has 1 aromatic carbocycles. The lowest BCUT2D eigenvalue weighted by molar-refractivity contribution is 0.384. The summed E-state index contributed by atoms with van der Waals surface area (Å²) in [5.74, 6) is 0.507. The van der Waals surface area contributed by atoms with Gasteiger partial charge in [-0.1, -0.05) is 17.7 Å². The topological polar surface area (TPSA) is 47.0 Å². The number of aromatic nitrogens is 2. The van der Waals surface area contributed by atoms with Crippen LogP contribution in [0.2, 0.25) is 5.02 Å². The molecular formula is C13H13BrClN3O. The molecule has 2 aromatic rings. The molecule has 0 spiro atoms. The van der Waals surface area contributed by atoms with E-state index in [0.717, 1.165) is 15.7 Å². The highest BCUT2D eigenvalue weighted by molar-refractivity contribution is 9.10. The van der Waals surface area contributed by atoms with Crippen molar-refractivity contribution in [1.29, 1.82) is 0 Å². The Balaban J connectivity index is 2.46. The first-order valence-corrected chi connectivity index (χ1v) is 6.81. The van der Waals surface area contributed by atoms with Gasteiger partial charge in [-0.15, -0.1) is 0 Å².